The monoisotopic (exact) mass is 440 g/mol. The second-order valence-corrected chi connectivity index (χ2v) is 9.92. The maximum absolute atomic E-state index is 14.1. The molecule has 6 nitrogen and oxygen atoms in total. The summed E-state index contributed by atoms with van der Waals surface area (Å²) < 4.78 is 0. The standard InChI is InChI=1S/C25H48N2O4/c1-7-13-24(30,14-8-2)19(5)27(20(6)25(31,15-9-3)16-10-4)22(29)23(21(26)28)17-11-12-18-23/h19-20,30-31H,7-18H2,1-6H3,(H2,26,28). The quantitative estimate of drug-likeness (QED) is 0.350. The molecule has 1 aliphatic rings. The molecule has 6 heteroatoms. The Morgan fingerprint density at radius 2 is 1.16 bits per heavy atom. The van der Waals surface area contributed by atoms with Crippen molar-refractivity contribution in [2.24, 2.45) is 11.1 Å². The molecule has 1 aliphatic carbocycles. The fraction of sp³-hybridized carbons (Fsp3) is 0.920. The number of hydrogen-bond donors (Lipinski definition) is 3. The van der Waals surface area contributed by atoms with E-state index in [4.69, 9.17) is 5.73 Å². The summed E-state index contributed by atoms with van der Waals surface area (Å²) in [6.07, 6.45) is 7.82. The van der Waals surface area contributed by atoms with Gasteiger partial charge in [0.25, 0.3) is 0 Å². The molecule has 0 saturated heterocycles. The van der Waals surface area contributed by atoms with Crippen molar-refractivity contribution in [3.05, 3.63) is 0 Å². The second kappa shape index (κ2) is 11.6. The Kier molecular flexibility index (Phi) is 10.5. The highest BCUT2D eigenvalue weighted by molar-refractivity contribution is 6.05. The van der Waals surface area contributed by atoms with E-state index in [2.05, 4.69) is 0 Å². The van der Waals surface area contributed by atoms with E-state index in [1.54, 1.807) is 4.90 Å². The first-order valence-electron chi connectivity index (χ1n) is 12.6. The van der Waals surface area contributed by atoms with Crippen LogP contribution in [0.1, 0.15) is 119 Å². The molecule has 0 radical (unpaired) electrons. The zero-order valence-corrected chi connectivity index (χ0v) is 20.9. The summed E-state index contributed by atoms with van der Waals surface area (Å²) in [5, 5.41) is 23.3. The first-order chi connectivity index (χ1) is 14.5. The summed E-state index contributed by atoms with van der Waals surface area (Å²) in [4.78, 5) is 28.3. The van der Waals surface area contributed by atoms with E-state index >= 15 is 0 Å². The van der Waals surface area contributed by atoms with E-state index in [0.29, 0.717) is 38.5 Å². The number of nitrogens with two attached hydrogens (primary N) is 1. The lowest BCUT2D eigenvalue weighted by Crippen LogP contribution is -2.65. The molecule has 0 aromatic heterocycles. The van der Waals surface area contributed by atoms with E-state index in [1.165, 1.54) is 0 Å². The van der Waals surface area contributed by atoms with Crippen molar-refractivity contribution in [3.63, 3.8) is 0 Å². The van der Waals surface area contributed by atoms with Crippen molar-refractivity contribution < 1.29 is 19.8 Å². The van der Waals surface area contributed by atoms with Gasteiger partial charge in [-0.1, -0.05) is 66.2 Å². The average Bonchev–Trinajstić information content (AvgIpc) is 3.20. The molecule has 2 amide bonds. The van der Waals surface area contributed by atoms with E-state index in [1.807, 2.05) is 41.5 Å². The summed E-state index contributed by atoms with van der Waals surface area (Å²) in [5.41, 5.74) is 2.42. The maximum atomic E-state index is 14.1. The highest BCUT2D eigenvalue weighted by Gasteiger charge is 2.54. The third-order valence-corrected chi connectivity index (χ3v) is 7.69. The van der Waals surface area contributed by atoms with Crippen molar-refractivity contribution in [3.8, 4) is 0 Å². The lowest BCUT2D eigenvalue weighted by molar-refractivity contribution is -0.170. The number of carbonyl (C=O) groups is 2. The zero-order chi connectivity index (χ0) is 23.9. The Bertz CT molecular complexity index is 546. The molecule has 2 atom stereocenters. The minimum absolute atomic E-state index is 0.311. The van der Waals surface area contributed by atoms with Crippen molar-refractivity contribution in [1.82, 2.24) is 4.90 Å². The Morgan fingerprint density at radius 1 is 0.839 bits per heavy atom. The van der Waals surface area contributed by atoms with Gasteiger partial charge in [-0.3, -0.25) is 9.59 Å². The predicted molar refractivity (Wildman–Crippen MR) is 125 cm³/mol. The molecule has 0 aliphatic heterocycles. The molecular formula is C25H48N2O4. The van der Waals surface area contributed by atoms with E-state index < -0.39 is 34.6 Å². The van der Waals surface area contributed by atoms with Gasteiger partial charge >= 0.3 is 0 Å². The van der Waals surface area contributed by atoms with Gasteiger partial charge in [-0.15, -0.1) is 0 Å². The number of primary amides is 1. The number of nitrogens with zero attached hydrogens (tertiary/aromatic N) is 1. The fourth-order valence-corrected chi connectivity index (χ4v) is 5.81. The topological polar surface area (TPSA) is 104 Å². The first-order valence-corrected chi connectivity index (χ1v) is 12.6. The number of carbonyl (C=O) groups excluding carboxylic acids is 2. The SMILES string of the molecule is CCCC(O)(CCC)C(C)N(C(=O)C1(C(N)=O)CCCC1)C(C)C(O)(CCC)CCC. The van der Waals surface area contributed by atoms with Crippen molar-refractivity contribution in [1.29, 1.82) is 0 Å². The van der Waals surface area contributed by atoms with Crippen molar-refractivity contribution >= 4 is 11.8 Å². The van der Waals surface area contributed by atoms with Gasteiger partial charge in [-0.25, -0.2) is 0 Å². The smallest absolute Gasteiger partial charge is 0.238 e. The van der Waals surface area contributed by atoms with Crippen LogP contribution in [0, 0.1) is 5.41 Å². The zero-order valence-electron chi connectivity index (χ0n) is 20.9. The highest BCUT2D eigenvalue weighted by Crippen LogP contribution is 2.43. The molecule has 0 spiro atoms. The van der Waals surface area contributed by atoms with Crippen LogP contribution >= 0.6 is 0 Å². The van der Waals surface area contributed by atoms with E-state index in [0.717, 1.165) is 38.5 Å². The van der Waals surface area contributed by atoms with Crippen LogP contribution in [-0.4, -0.2) is 50.2 Å². The van der Waals surface area contributed by atoms with Gasteiger partial charge < -0.3 is 20.8 Å². The third-order valence-electron chi connectivity index (χ3n) is 7.69. The van der Waals surface area contributed by atoms with Crippen LogP contribution in [0.25, 0.3) is 0 Å². The van der Waals surface area contributed by atoms with Crippen molar-refractivity contribution in [2.45, 2.75) is 142 Å². The number of amides is 2. The molecule has 31 heavy (non-hydrogen) atoms. The second-order valence-electron chi connectivity index (χ2n) is 9.92. The number of aliphatic hydroxyl groups is 2. The van der Waals surface area contributed by atoms with Crippen LogP contribution in [0.4, 0.5) is 0 Å². The molecule has 0 aromatic rings. The summed E-state index contributed by atoms with van der Waals surface area (Å²) in [6, 6.07) is -1.07. The minimum Gasteiger partial charge on any atom is -0.388 e. The molecule has 1 fully saturated rings. The van der Waals surface area contributed by atoms with E-state index in [-0.39, 0.29) is 5.91 Å². The van der Waals surface area contributed by atoms with Gasteiger partial charge in [-0.2, -0.15) is 0 Å². The molecule has 1 rings (SSSR count). The lowest BCUT2D eigenvalue weighted by Gasteiger charge is -2.50. The van der Waals surface area contributed by atoms with Crippen LogP contribution in [0.5, 0.6) is 0 Å². The Labute approximate surface area is 190 Å². The van der Waals surface area contributed by atoms with Gasteiger partial charge in [0.1, 0.15) is 5.41 Å². The predicted octanol–water partition coefficient (Wildman–Crippen LogP) is 4.30. The van der Waals surface area contributed by atoms with Crippen LogP contribution < -0.4 is 5.73 Å². The summed E-state index contributed by atoms with van der Waals surface area (Å²) in [7, 11) is 0. The van der Waals surface area contributed by atoms with Crippen LogP contribution in [-0.2, 0) is 9.59 Å². The van der Waals surface area contributed by atoms with Gasteiger partial charge in [0.2, 0.25) is 11.8 Å². The molecule has 0 aromatic carbocycles. The van der Waals surface area contributed by atoms with Crippen LogP contribution in [0.2, 0.25) is 0 Å². The minimum atomic E-state index is -1.23. The normalized spacial score (nSPS) is 18.6. The molecule has 1 saturated carbocycles. The Balaban J connectivity index is 3.57. The fourth-order valence-electron chi connectivity index (χ4n) is 5.81. The highest BCUT2D eigenvalue weighted by atomic mass is 16.3. The van der Waals surface area contributed by atoms with E-state index in [9.17, 15) is 19.8 Å². The summed E-state index contributed by atoms with van der Waals surface area (Å²) in [5.74, 6) is -0.891. The summed E-state index contributed by atoms with van der Waals surface area (Å²) in [6.45, 7) is 11.8. The molecular weight excluding hydrogens is 392 g/mol. The lowest BCUT2D eigenvalue weighted by atomic mass is 9.77. The number of hydrogen-bond acceptors (Lipinski definition) is 4. The van der Waals surface area contributed by atoms with Gasteiger partial charge in [0, 0.05) is 0 Å². The molecule has 2 unspecified atom stereocenters. The first kappa shape index (κ1) is 27.9. The number of rotatable bonds is 14. The van der Waals surface area contributed by atoms with Gasteiger partial charge in [0.15, 0.2) is 0 Å². The molecule has 4 N–H and O–H groups in total. The van der Waals surface area contributed by atoms with Crippen molar-refractivity contribution in [2.75, 3.05) is 0 Å². The Morgan fingerprint density at radius 3 is 1.42 bits per heavy atom. The molecule has 0 bridgehead atoms. The third kappa shape index (κ3) is 5.81. The van der Waals surface area contributed by atoms with Crippen LogP contribution in [0.3, 0.4) is 0 Å². The van der Waals surface area contributed by atoms with Gasteiger partial charge in [-0.05, 0) is 52.4 Å². The molecule has 0 heterocycles. The largest absolute Gasteiger partial charge is 0.388 e. The summed E-state index contributed by atoms with van der Waals surface area (Å²) >= 11 is 0. The molecule has 182 valence electrons. The maximum Gasteiger partial charge on any atom is 0.238 e. The Hall–Kier alpha value is -1.14. The van der Waals surface area contributed by atoms with Gasteiger partial charge in [0.05, 0.1) is 23.3 Å². The average molecular weight is 441 g/mol. The van der Waals surface area contributed by atoms with Crippen LogP contribution in [0.15, 0.2) is 0 Å².